The summed E-state index contributed by atoms with van der Waals surface area (Å²) in [4.78, 5) is 1.17. The van der Waals surface area contributed by atoms with Crippen LogP contribution in [0, 0.1) is 11.3 Å². The van der Waals surface area contributed by atoms with Crippen molar-refractivity contribution in [2.45, 2.75) is 6.61 Å². The molecule has 0 aliphatic heterocycles. The molecule has 4 heteroatoms. The van der Waals surface area contributed by atoms with Crippen molar-refractivity contribution in [1.29, 1.82) is 5.26 Å². The second-order valence-corrected chi connectivity index (χ2v) is 5.10. The van der Waals surface area contributed by atoms with E-state index in [-0.39, 0.29) is 0 Å². The molecule has 1 aromatic heterocycles. The first-order valence-electron chi connectivity index (χ1n) is 4.64. The van der Waals surface area contributed by atoms with Crippen LogP contribution in [0.15, 0.2) is 40.2 Å². The first kappa shape index (κ1) is 11.2. The SMILES string of the molecule is N#Cc1cc(Br)cc(OCc2cccs2)c1. The van der Waals surface area contributed by atoms with Gasteiger partial charge >= 0.3 is 0 Å². The van der Waals surface area contributed by atoms with Gasteiger partial charge in [-0.05, 0) is 29.6 Å². The monoisotopic (exact) mass is 293 g/mol. The lowest BCUT2D eigenvalue weighted by molar-refractivity contribution is 0.309. The molecule has 0 unspecified atom stereocenters. The van der Waals surface area contributed by atoms with Crippen LogP contribution in [0.2, 0.25) is 0 Å². The van der Waals surface area contributed by atoms with Gasteiger partial charge in [0.05, 0.1) is 11.6 Å². The van der Waals surface area contributed by atoms with Crippen molar-refractivity contribution in [2.24, 2.45) is 0 Å². The Bertz CT molecular complexity index is 516. The molecular weight excluding hydrogens is 286 g/mol. The van der Waals surface area contributed by atoms with E-state index in [4.69, 9.17) is 10.00 Å². The molecule has 0 saturated heterocycles. The number of rotatable bonds is 3. The van der Waals surface area contributed by atoms with Crippen molar-refractivity contribution >= 4 is 27.3 Å². The molecule has 2 nitrogen and oxygen atoms in total. The molecule has 0 spiro atoms. The maximum absolute atomic E-state index is 8.81. The van der Waals surface area contributed by atoms with Gasteiger partial charge in [-0.15, -0.1) is 11.3 Å². The summed E-state index contributed by atoms with van der Waals surface area (Å²) in [6.07, 6.45) is 0. The summed E-state index contributed by atoms with van der Waals surface area (Å²) in [6, 6.07) is 11.5. The average molecular weight is 294 g/mol. The number of ether oxygens (including phenoxy) is 1. The van der Waals surface area contributed by atoms with E-state index in [1.165, 1.54) is 4.88 Å². The summed E-state index contributed by atoms with van der Waals surface area (Å²) in [6.45, 7) is 0.541. The summed E-state index contributed by atoms with van der Waals surface area (Å²) < 4.78 is 6.46. The van der Waals surface area contributed by atoms with Crippen LogP contribution in [-0.2, 0) is 6.61 Å². The van der Waals surface area contributed by atoms with Gasteiger partial charge in [0.1, 0.15) is 12.4 Å². The van der Waals surface area contributed by atoms with Crippen molar-refractivity contribution in [3.63, 3.8) is 0 Å². The van der Waals surface area contributed by atoms with Crippen LogP contribution in [0.3, 0.4) is 0 Å². The Morgan fingerprint density at radius 1 is 1.38 bits per heavy atom. The molecule has 0 fully saturated rings. The Morgan fingerprint density at radius 3 is 2.94 bits per heavy atom. The van der Waals surface area contributed by atoms with Crippen LogP contribution in [0.25, 0.3) is 0 Å². The van der Waals surface area contributed by atoms with Gasteiger partial charge in [-0.3, -0.25) is 0 Å². The average Bonchev–Trinajstić information content (AvgIpc) is 2.78. The Kier molecular flexibility index (Phi) is 3.60. The fraction of sp³-hybridized carbons (Fsp3) is 0.0833. The molecule has 0 amide bonds. The van der Waals surface area contributed by atoms with E-state index in [1.807, 2.05) is 23.6 Å². The van der Waals surface area contributed by atoms with E-state index in [0.29, 0.717) is 17.9 Å². The number of thiophene rings is 1. The molecule has 0 radical (unpaired) electrons. The number of benzene rings is 1. The zero-order valence-electron chi connectivity index (χ0n) is 8.31. The van der Waals surface area contributed by atoms with E-state index < -0.39 is 0 Å². The second kappa shape index (κ2) is 5.15. The van der Waals surface area contributed by atoms with Crippen LogP contribution < -0.4 is 4.74 Å². The Balaban J connectivity index is 2.10. The number of nitriles is 1. The van der Waals surface area contributed by atoms with E-state index in [1.54, 1.807) is 23.5 Å². The van der Waals surface area contributed by atoms with Crippen molar-refractivity contribution in [1.82, 2.24) is 0 Å². The largest absolute Gasteiger partial charge is 0.488 e. The first-order valence-corrected chi connectivity index (χ1v) is 6.31. The highest BCUT2D eigenvalue weighted by atomic mass is 79.9. The number of hydrogen-bond donors (Lipinski definition) is 0. The van der Waals surface area contributed by atoms with E-state index in [2.05, 4.69) is 22.0 Å². The molecular formula is C12H8BrNOS. The highest BCUT2D eigenvalue weighted by molar-refractivity contribution is 9.10. The maximum atomic E-state index is 8.81. The molecule has 0 aliphatic rings. The third-order valence-corrected chi connectivity index (χ3v) is 3.27. The normalized spacial score (nSPS) is 9.75. The molecule has 0 saturated carbocycles. The highest BCUT2D eigenvalue weighted by Gasteiger charge is 2.01. The quantitative estimate of drug-likeness (QED) is 0.858. The van der Waals surface area contributed by atoms with E-state index >= 15 is 0 Å². The van der Waals surface area contributed by atoms with Crippen molar-refractivity contribution < 1.29 is 4.74 Å². The van der Waals surface area contributed by atoms with Gasteiger partial charge < -0.3 is 4.74 Å². The molecule has 80 valence electrons. The van der Waals surface area contributed by atoms with Crippen molar-refractivity contribution in [2.75, 3.05) is 0 Å². The maximum Gasteiger partial charge on any atom is 0.122 e. The third kappa shape index (κ3) is 2.84. The van der Waals surface area contributed by atoms with Gasteiger partial charge in [-0.1, -0.05) is 22.0 Å². The van der Waals surface area contributed by atoms with Crippen LogP contribution in [0.4, 0.5) is 0 Å². The zero-order chi connectivity index (χ0) is 11.4. The number of hydrogen-bond acceptors (Lipinski definition) is 3. The number of halogens is 1. The summed E-state index contributed by atoms with van der Waals surface area (Å²) in [5.74, 6) is 0.708. The predicted molar refractivity (Wildman–Crippen MR) is 67.5 cm³/mol. The molecule has 0 atom stereocenters. The third-order valence-electron chi connectivity index (χ3n) is 1.96. The fourth-order valence-corrected chi connectivity index (χ4v) is 2.35. The Hall–Kier alpha value is -1.31. The lowest BCUT2D eigenvalue weighted by Crippen LogP contribution is -1.93. The van der Waals surface area contributed by atoms with Gasteiger partial charge in [0.25, 0.3) is 0 Å². The Morgan fingerprint density at radius 2 is 2.25 bits per heavy atom. The second-order valence-electron chi connectivity index (χ2n) is 3.16. The predicted octanol–water partition coefficient (Wildman–Crippen LogP) is 3.96. The lowest BCUT2D eigenvalue weighted by Gasteiger charge is -2.05. The number of nitrogens with zero attached hydrogens (tertiary/aromatic N) is 1. The minimum absolute atomic E-state index is 0.541. The molecule has 0 bridgehead atoms. The van der Waals surface area contributed by atoms with E-state index in [9.17, 15) is 0 Å². The highest BCUT2D eigenvalue weighted by Crippen LogP contribution is 2.22. The van der Waals surface area contributed by atoms with Crippen LogP contribution in [0.5, 0.6) is 5.75 Å². The van der Waals surface area contributed by atoms with E-state index in [0.717, 1.165) is 4.47 Å². The molecule has 1 aromatic carbocycles. The summed E-state index contributed by atoms with van der Waals surface area (Å²) in [7, 11) is 0. The molecule has 0 aliphatic carbocycles. The molecule has 2 rings (SSSR count). The van der Waals surface area contributed by atoms with Crippen LogP contribution >= 0.6 is 27.3 Å². The standard InChI is InChI=1S/C12H8BrNOS/c13-10-4-9(7-14)5-11(6-10)15-8-12-2-1-3-16-12/h1-6H,8H2. The van der Waals surface area contributed by atoms with Gasteiger partial charge in [0.15, 0.2) is 0 Å². The minimum atomic E-state index is 0.541. The van der Waals surface area contributed by atoms with Crippen LogP contribution in [-0.4, -0.2) is 0 Å². The fourth-order valence-electron chi connectivity index (χ4n) is 1.26. The molecule has 1 heterocycles. The molecule has 16 heavy (non-hydrogen) atoms. The van der Waals surface area contributed by atoms with Gasteiger partial charge in [-0.25, -0.2) is 0 Å². The van der Waals surface area contributed by atoms with Crippen LogP contribution in [0.1, 0.15) is 10.4 Å². The zero-order valence-corrected chi connectivity index (χ0v) is 10.7. The summed E-state index contributed by atoms with van der Waals surface area (Å²) in [5, 5.41) is 10.8. The molecule has 0 N–H and O–H groups in total. The van der Waals surface area contributed by atoms with Gasteiger partial charge in [-0.2, -0.15) is 5.26 Å². The van der Waals surface area contributed by atoms with Gasteiger partial charge in [0, 0.05) is 9.35 Å². The first-order chi connectivity index (χ1) is 7.78. The van der Waals surface area contributed by atoms with Crippen molar-refractivity contribution in [3.05, 3.63) is 50.6 Å². The van der Waals surface area contributed by atoms with Gasteiger partial charge in [0.2, 0.25) is 0 Å². The molecule has 2 aromatic rings. The summed E-state index contributed by atoms with van der Waals surface area (Å²) >= 11 is 5.00. The smallest absolute Gasteiger partial charge is 0.122 e. The topological polar surface area (TPSA) is 33.0 Å². The minimum Gasteiger partial charge on any atom is -0.488 e. The summed E-state index contributed by atoms with van der Waals surface area (Å²) in [5.41, 5.74) is 0.593. The lowest BCUT2D eigenvalue weighted by atomic mass is 10.2. The van der Waals surface area contributed by atoms with Crippen molar-refractivity contribution in [3.8, 4) is 11.8 Å². The Labute approximate surface area is 106 Å².